The molecule has 1 amide bonds. The maximum absolute atomic E-state index is 12.9. The third-order valence-corrected chi connectivity index (χ3v) is 6.83. The number of benzene rings is 3. The zero-order chi connectivity index (χ0) is 26.6. The Labute approximate surface area is 223 Å². The molecule has 0 saturated heterocycles. The SMILES string of the molecule is CCC(OC(=O)c1ccc2nc(-c3ccc(OC)cc3)[nH]c2c1)C(=O)Nc1nc(-c2ccc(C)cc2)cs1. The monoisotopic (exact) mass is 526 g/mol. The van der Waals surface area contributed by atoms with Gasteiger partial charge in [-0.15, -0.1) is 11.3 Å². The van der Waals surface area contributed by atoms with Gasteiger partial charge in [0.05, 0.1) is 29.4 Å². The molecule has 0 aliphatic heterocycles. The van der Waals surface area contributed by atoms with Gasteiger partial charge in [0.1, 0.15) is 11.6 Å². The zero-order valence-electron chi connectivity index (χ0n) is 21.1. The Morgan fingerprint density at radius 1 is 1.00 bits per heavy atom. The smallest absolute Gasteiger partial charge is 0.338 e. The molecule has 1 atom stereocenters. The van der Waals surface area contributed by atoms with Crippen molar-refractivity contribution < 1.29 is 19.1 Å². The van der Waals surface area contributed by atoms with Crippen LogP contribution in [0.15, 0.2) is 72.1 Å². The average Bonchev–Trinajstić information content (AvgIpc) is 3.58. The van der Waals surface area contributed by atoms with Crippen molar-refractivity contribution in [1.29, 1.82) is 0 Å². The van der Waals surface area contributed by atoms with Crippen molar-refractivity contribution >= 4 is 39.4 Å². The first-order valence-electron chi connectivity index (χ1n) is 12.1. The molecule has 0 spiro atoms. The van der Waals surface area contributed by atoms with Gasteiger partial charge >= 0.3 is 5.97 Å². The number of amides is 1. The van der Waals surface area contributed by atoms with Crippen molar-refractivity contribution in [3.05, 3.63) is 83.2 Å². The number of rotatable bonds is 8. The van der Waals surface area contributed by atoms with Crippen molar-refractivity contribution in [2.45, 2.75) is 26.4 Å². The van der Waals surface area contributed by atoms with E-state index in [0.717, 1.165) is 28.1 Å². The molecule has 38 heavy (non-hydrogen) atoms. The second-order valence-corrected chi connectivity index (χ2v) is 9.60. The van der Waals surface area contributed by atoms with Crippen molar-refractivity contribution in [2.75, 3.05) is 12.4 Å². The highest BCUT2D eigenvalue weighted by atomic mass is 32.1. The number of methoxy groups -OCH3 is 1. The van der Waals surface area contributed by atoms with E-state index in [1.807, 2.05) is 60.8 Å². The van der Waals surface area contributed by atoms with Crippen LogP contribution in [-0.4, -0.2) is 40.0 Å². The highest BCUT2D eigenvalue weighted by Gasteiger charge is 2.23. The first-order chi connectivity index (χ1) is 18.4. The van der Waals surface area contributed by atoms with Gasteiger partial charge in [-0.05, 0) is 55.8 Å². The van der Waals surface area contributed by atoms with Crippen molar-refractivity contribution in [3.63, 3.8) is 0 Å². The largest absolute Gasteiger partial charge is 0.497 e. The minimum absolute atomic E-state index is 0.321. The van der Waals surface area contributed by atoms with Crippen LogP contribution in [0.4, 0.5) is 5.13 Å². The molecule has 1 unspecified atom stereocenters. The fourth-order valence-electron chi connectivity index (χ4n) is 3.92. The summed E-state index contributed by atoms with van der Waals surface area (Å²) in [4.78, 5) is 38.1. The van der Waals surface area contributed by atoms with Crippen LogP contribution in [0.5, 0.6) is 5.75 Å². The second kappa shape index (κ2) is 10.9. The fraction of sp³-hybridized carbons (Fsp3) is 0.172. The van der Waals surface area contributed by atoms with Crippen LogP contribution in [0, 0.1) is 6.92 Å². The summed E-state index contributed by atoms with van der Waals surface area (Å²) in [6, 6.07) is 20.6. The molecule has 2 aromatic heterocycles. The number of nitrogens with zero attached hydrogens (tertiary/aromatic N) is 2. The summed E-state index contributed by atoms with van der Waals surface area (Å²) in [5.41, 5.74) is 5.52. The van der Waals surface area contributed by atoms with E-state index < -0.39 is 18.0 Å². The first-order valence-corrected chi connectivity index (χ1v) is 13.0. The Balaban J connectivity index is 1.26. The van der Waals surface area contributed by atoms with Crippen LogP contribution < -0.4 is 10.1 Å². The van der Waals surface area contributed by atoms with E-state index >= 15 is 0 Å². The summed E-state index contributed by atoms with van der Waals surface area (Å²) < 4.78 is 10.8. The number of aromatic amines is 1. The molecule has 0 bridgehead atoms. The third kappa shape index (κ3) is 5.42. The van der Waals surface area contributed by atoms with Gasteiger partial charge in [0.25, 0.3) is 5.91 Å². The molecule has 9 heteroatoms. The average molecular weight is 527 g/mol. The number of carbonyl (C=O) groups is 2. The van der Waals surface area contributed by atoms with E-state index in [4.69, 9.17) is 9.47 Å². The van der Waals surface area contributed by atoms with Crippen LogP contribution in [0.2, 0.25) is 0 Å². The molecule has 2 N–H and O–H groups in total. The van der Waals surface area contributed by atoms with Gasteiger partial charge in [0, 0.05) is 16.5 Å². The highest BCUT2D eigenvalue weighted by Crippen LogP contribution is 2.26. The number of fused-ring (bicyclic) bond motifs is 1. The summed E-state index contributed by atoms with van der Waals surface area (Å²) in [5, 5.41) is 5.11. The van der Waals surface area contributed by atoms with Gasteiger partial charge in [-0.3, -0.25) is 10.1 Å². The number of anilines is 1. The normalized spacial score (nSPS) is 11.8. The van der Waals surface area contributed by atoms with Gasteiger partial charge in [0.15, 0.2) is 11.2 Å². The minimum atomic E-state index is -0.957. The summed E-state index contributed by atoms with van der Waals surface area (Å²) in [6.45, 7) is 3.81. The molecule has 2 heterocycles. The zero-order valence-corrected chi connectivity index (χ0v) is 22.0. The predicted molar refractivity (Wildman–Crippen MR) is 148 cm³/mol. The first kappa shape index (κ1) is 25.2. The number of nitrogens with one attached hydrogen (secondary N) is 2. The lowest BCUT2D eigenvalue weighted by molar-refractivity contribution is -0.124. The van der Waals surface area contributed by atoms with Gasteiger partial charge in [-0.2, -0.15) is 0 Å². The van der Waals surface area contributed by atoms with E-state index in [9.17, 15) is 9.59 Å². The maximum atomic E-state index is 12.9. The van der Waals surface area contributed by atoms with Gasteiger partial charge in [-0.25, -0.2) is 14.8 Å². The van der Waals surface area contributed by atoms with Crippen LogP contribution >= 0.6 is 11.3 Å². The Morgan fingerprint density at radius 2 is 1.74 bits per heavy atom. The molecule has 0 aliphatic rings. The number of imidazole rings is 1. The Morgan fingerprint density at radius 3 is 2.45 bits per heavy atom. The van der Waals surface area contributed by atoms with E-state index in [2.05, 4.69) is 20.3 Å². The van der Waals surface area contributed by atoms with E-state index in [0.29, 0.717) is 34.0 Å². The number of aryl methyl sites for hydroxylation is 1. The lowest BCUT2D eigenvalue weighted by Crippen LogP contribution is -2.32. The van der Waals surface area contributed by atoms with Gasteiger partial charge < -0.3 is 14.5 Å². The van der Waals surface area contributed by atoms with Crippen LogP contribution in [0.3, 0.4) is 0 Å². The number of ether oxygens (including phenoxy) is 2. The molecule has 5 aromatic rings. The molecule has 0 radical (unpaired) electrons. The fourth-order valence-corrected chi connectivity index (χ4v) is 4.64. The predicted octanol–water partition coefficient (Wildman–Crippen LogP) is 6.24. The van der Waals surface area contributed by atoms with Crippen LogP contribution in [0.1, 0.15) is 29.3 Å². The quantitative estimate of drug-likeness (QED) is 0.232. The molecule has 8 nitrogen and oxygen atoms in total. The molecule has 0 aliphatic carbocycles. The van der Waals surface area contributed by atoms with E-state index in [1.165, 1.54) is 11.3 Å². The number of hydrogen-bond acceptors (Lipinski definition) is 7. The maximum Gasteiger partial charge on any atom is 0.338 e. The third-order valence-electron chi connectivity index (χ3n) is 6.08. The lowest BCUT2D eigenvalue weighted by atomic mass is 10.1. The van der Waals surface area contributed by atoms with Gasteiger partial charge in [0.2, 0.25) is 0 Å². The topological polar surface area (TPSA) is 106 Å². The molecule has 0 saturated carbocycles. The number of aromatic nitrogens is 3. The highest BCUT2D eigenvalue weighted by molar-refractivity contribution is 7.14. The summed E-state index contributed by atoms with van der Waals surface area (Å²) >= 11 is 1.32. The Hall–Kier alpha value is -4.50. The lowest BCUT2D eigenvalue weighted by Gasteiger charge is -2.15. The molecule has 3 aromatic carbocycles. The second-order valence-electron chi connectivity index (χ2n) is 8.74. The Kier molecular flexibility index (Phi) is 7.19. The number of esters is 1. The summed E-state index contributed by atoms with van der Waals surface area (Å²) in [6.07, 6.45) is -0.636. The van der Waals surface area contributed by atoms with Crippen LogP contribution in [-0.2, 0) is 9.53 Å². The summed E-state index contributed by atoms with van der Waals surface area (Å²) in [7, 11) is 1.62. The van der Waals surface area contributed by atoms with E-state index in [-0.39, 0.29) is 0 Å². The number of H-pyrrole nitrogens is 1. The minimum Gasteiger partial charge on any atom is -0.497 e. The van der Waals surface area contributed by atoms with Crippen molar-refractivity contribution in [3.8, 4) is 28.4 Å². The van der Waals surface area contributed by atoms with E-state index in [1.54, 1.807) is 32.2 Å². The van der Waals surface area contributed by atoms with Crippen molar-refractivity contribution in [2.24, 2.45) is 0 Å². The number of carbonyl (C=O) groups excluding carboxylic acids is 2. The Bertz CT molecular complexity index is 1590. The number of hydrogen-bond donors (Lipinski definition) is 2. The number of thiazole rings is 1. The van der Waals surface area contributed by atoms with Crippen molar-refractivity contribution in [1.82, 2.24) is 15.0 Å². The molecular formula is C29H26N4O4S. The summed E-state index contributed by atoms with van der Waals surface area (Å²) in [5.74, 6) is 0.419. The molecular weight excluding hydrogens is 500 g/mol. The molecule has 192 valence electrons. The van der Waals surface area contributed by atoms with Crippen LogP contribution in [0.25, 0.3) is 33.7 Å². The standard InChI is InChI=1S/C29H26N4O4S/c1-4-25(27(34)33-29-32-24(16-38-29)18-7-5-17(2)6-8-18)37-28(35)20-11-14-22-23(15-20)31-26(30-22)19-9-12-21(36-3)13-10-19/h5-16,25H,4H2,1-3H3,(H,30,31)(H,32,33,34). The molecule has 5 rings (SSSR count). The molecule has 0 fully saturated rings. The van der Waals surface area contributed by atoms with Gasteiger partial charge in [-0.1, -0.05) is 36.8 Å².